The van der Waals surface area contributed by atoms with E-state index in [-0.39, 0.29) is 11.7 Å². The Balaban J connectivity index is 1.88. The van der Waals surface area contributed by atoms with Crippen molar-refractivity contribution in [3.05, 3.63) is 95.3 Å². The molecule has 0 saturated heterocycles. The molecular weight excluding hydrogens is 367 g/mol. The second kappa shape index (κ2) is 9.34. The van der Waals surface area contributed by atoms with Crippen LogP contribution in [-0.2, 0) is 11.3 Å². The van der Waals surface area contributed by atoms with E-state index < -0.39 is 6.04 Å². The fourth-order valence-corrected chi connectivity index (χ4v) is 3.46. The summed E-state index contributed by atoms with van der Waals surface area (Å²) in [4.78, 5) is 14.3. The normalized spacial score (nSPS) is 12.8. The van der Waals surface area contributed by atoms with Gasteiger partial charge in [-0.1, -0.05) is 48.5 Å². The van der Waals surface area contributed by atoms with Gasteiger partial charge in [0.1, 0.15) is 18.1 Å². The molecule has 0 aromatic heterocycles. The van der Waals surface area contributed by atoms with Crippen LogP contribution in [0.2, 0.25) is 0 Å². The van der Waals surface area contributed by atoms with Gasteiger partial charge < -0.3 is 15.0 Å². The van der Waals surface area contributed by atoms with Gasteiger partial charge in [-0.25, -0.2) is 4.39 Å². The van der Waals surface area contributed by atoms with Gasteiger partial charge in [0.2, 0.25) is 0 Å². The number of carbonyl (C=O) groups is 1. The van der Waals surface area contributed by atoms with Crippen LogP contribution >= 0.6 is 0 Å². The van der Waals surface area contributed by atoms with E-state index in [1.807, 2.05) is 62.5 Å². The largest absolute Gasteiger partial charge is 0.495 e. The second-order valence-corrected chi connectivity index (χ2v) is 7.19. The monoisotopic (exact) mass is 393 g/mol. The van der Waals surface area contributed by atoms with Crippen LogP contribution in [0.3, 0.4) is 0 Å². The minimum Gasteiger partial charge on any atom is -0.495 e. The molecule has 4 nitrogen and oxygen atoms in total. The van der Waals surface area contributed by atoms with E-state index in [1.165, 1.54) is 12.1 Å². The van der Waals surface area contributed by atoms with Crippen LogP contribution in [0.4, 0.5) is 10.1 Å². The topological polar surface area (TPSA) is 42.8 Å². The molecule has 2 N–H and O–H groups in total. The van der Waals surface area contributed by atoms with Crippen molar-refractivity contribution in [1.29, 1.82) is 0 Å². The molecule has 2 atom stereocenters. The molecule has 3 aromatic rings. The van der Waals surface area contributed by atoms with E-state index in [0.717, 1.165) is 21.6 Å². The van der Waals surface area contributed by atoms with Crippen LogP contribution in [0, 0.1) is 12.7 Å². The minimum atomic E-state index is -0.438. The van der Waals surface area contributed by atoms with E-state index in [2.05, 4.69) is 5.32 Å². The third-order valence-corrected chi connectivity index (χ3v) is 4.90. The molecule has 0 fully saturated rings. The van der Waals surface area contributed by atoms with Crippen molar-refractivity contribution in [2.24, 2.45) is 0 Å². The molecule has 0 radical (unpaired) electrons. The first-order valence-corrected chi connectivity index (χ1v) is 9.55. The van der Waals surface area contributed by atoms with Gasteiger partial charge in [-0.3, -0.25) is 4.79 Å². The number of hydrogen-bond acceptors (Lipinski definition) is 2. The van der Waals surface area contributed by atoms with Gasteiger partial charge >= 0.3 is 0 Å². The Hall–Kier alpha value is -3.18. The van der Waals surface area contributed by atoms with Gasteiger partial charge in [0.05, 0.1) is 19.8 Å². The summed E-state index contributed by atoms with van der Waals surface area (Å²) in [5.74, 6) is 0.224. The Bertz CT molecular complexity index is 958. The van der Waals surface area contributed by atoms with Crippen molar-refractivity contribution < 1.29 is 18.8 Å². The van der Waals surface area contributed by atoms with Gasteiger partial charge in [-0.15, -0.1) is 0 Å². The van der Waals surface area contributed by atoms with Crippen LogP contribution in [0.15, 0.2) is 72.8 Å². The van der Waals surface area contributed by atoms with E-state index in [0.29, 0.717) is 18.0 Å². The number of halogens is 1. The van der Waals surface area contributed by atoms with Crippen molar-refractivity contribution in [2.45, 2.75) is 19.5 Å². The maximum Gasteiger partial charge on any atom is 0.287 e. The van der Waals surface area contributed by atoms with E-state index in [4.69, 9.17) is 4.74 Å². The molecule has 3 rings (SSSR count). The Morgan fingerprint density at radius 1 is 1.07 bits per heavy atom. The van der Waals surface area contributed by atoms with E-state index in [1.54, 1.807) is 19.2 Å². The summed E-state index contributed by atoms with van der Waals surface area (Å²) >= 11 is 0. The SMILES string of the molecule is COc1ccc(C)cc1NC(=O)[C@H](c1ccccc1)[NH+](C)Cc1ccc(F)cc1. The standard InChI is InChI=1S/C24H25FN2O2/c1-17-9-14-22(29-3)21(15-17)26-24(28)23(19-7-5-4-6-8-19)27(2)16-18-10-12-20(25)13-11-18/h4-15,23H,16H2,1-3H3,(H,26,28)/p+1/t23-/m0/s1. The predicted molar refractivity (Wildman–Crippen MR) is 113 cm³/mol. The smallest absolute Gasteiger partial charge is 0.287 e. The number of methoxy groups -OCH3 is 1. The highest BCUT2D eigenvalue weighted by atomic mass is 19.1. The fraction of sp³-hybridized carbons (Fsp3) is 0.208. The molecule has 0 aliphatic rings. The van der Waals surface area contributed by atoms with Gasteiger partial charge in [0, 0.05) is 11.1 Å². The first kappa shape index (κ1) is 20.6. The summed E-state index contributed by atoms with van der Waals surface area (Å²) in [6.45, 7) is 2.55. The Kier molecular flexibility index (Phi) is 6.62. The molecule has 0 heterocycles. The average molecular weight is 393 g/mol. The van der Waals surface area contributed by atoms with Gasteiger partial charge in [0.15, 0.2) is 6.04 Å². The predicted octanol–water partition coefficient (Wildman–Crippen LogP) is 3.54. The Labute approximate surface area is 170 Å². The van der Waals surface area contributed by atoms with E-state index in [9.17, 15) is 9.18 Å². The number of benzene rings is 3. The zero-order valence-corrected chi connectivity index (χ0v) is 16.9. The number of anilines is 1. The lowest BCUT2D eigenvalue weighted by atomic mass is 10.0. The van der Waals surface area contributed by atoms with Crippen molar-refractivity contribution in [1.82, 2.24) is 0 Å². The average Bonchev–Trinajstić information content (AvgIpc) is 2.71. The molecule has 5 heteroatoms. The number of amides is 1. The maximum atomic E-state index is 13.3. The lowest BCUT2D eigenvalue weighted by Crippen LogP contribution is -3.09. The quantitative estimate of drug-likeness (QED) is 0.645. The number of carbonyl (C=O) groups excluding carboxylic acids is 1. The van der Waals surface area contributed by atoms with Crippen molar-refractivity contribution in [3.8, 4) is 5.75 Å². The molecule has 0 aliphatic heterocycles. The van der Waals surface area contributed by atoms with Crippen LogP contribution < -0.4 is 15.0 Å². The van der Waals surface area contributed by atoms with Crippen LogP contribution in [-0.4, -0.2) is 20.1 Å². The zero-order chi connectivity index (χ0) is 20.8. The summed E-state index contributed by atoms with van der Waals surface area (Å²) in [6.07, 6.45) is 0. The molecule has 0 saturated carbocycles. The van der Waals surface area contributed by atoms with Crippen LogP contribution in [0.1, 0.15) is 22.7 Å². The molecule has 29 heavy (non-hydrogen) atoms. The number of nitrogens with one attached hydrogen (secondary N) is 2. The Morgan fingerprint density at radius 3 is 2.41 bits per heavy atom. The third kappa shape index (κ3) is 5.21. The molecule has 1 unspecified atom stereocenters. The second-order valence-electron chi connectivity index (χ2n) is 7.19. The Morgan fingerprint density at radius 2 is 1.76 bits per heavy atom. The molecule has 0 spiro atoms. The van der Waals surface area contributed by atoms with Crippen LogP contribution in [0.5, 0.6) is 5.75 Å². The molecule has 0 bridgehead atoms. The molecule has 3 aromatic carbocycles. The fourth-order valence-electron chi connectivity index (χ4n) is 3.46. The number of rotatable bonds is 7. The maximum absolute atomic E-state index is 13.3. The molecule has 0 aliphatic carbocycles. The molecule has 150 valence electrons. The lowest BCUT2D eigenvalue weighted by Gasteiger charge is -2.25. The zero-order valence-electron chi connectivity index (χ0n) is 16.9. The van der Waals surface area contributed by atoms with Gasteiger partial charge in [-0.2, -0.15) is 0 Å². The first-order chi connectivity index (χ1) is 14.0. The number of quaternary nitrogens is 1. The lowest BCUT2D eigenvalue weighted by molar-refractivity contribution is -0.915. The third-order valence-electron chi connectivity index (χ3n) is 4.90. The number of ether oxygens (including phenoxy) is 1. The summed E-state index contributed by atoms with van der Waals surface area (Å²) in [5, 5.41) is 3.03. The first-order valence-electron chi connectivity index (χ1n) is 9.55. The summed E-state index contributed by atoms with van der Waals surface area (Å²) in [7, 11) is 3.55. The highest BCUT2D eigenvalue weighted by molar-refractivity contribution is 5.96. The number of hydrogen-bond donors (Lipinski definition) is 2. The number of likely N-dealkylation sites (N-methyl/N-ethyl adjacent to an activating group) is 1. The number of aryl methyl sites for hydroxylation is 1. The minimum absolute atomic E-state index is 0.125. The van der Waals surface area contributed by atoms with Crippen molar-refractivity contribution in [2.75, 3.05) is 19.5 Å². The highest BCUT2D eigenvalue weighted by Crippen LogP contribution is 2.26. The molecule has 1 amide bonds. The van der Waals surface area contributed by atoms with Crippen molar-refractivity contribution in [3.63, 3.8) is 0 Å². The van der Waals surface area contributed by atoms with E-state index >= 15 is 0 Å². The highest BCUT2D eigenvalue weighted by Gasteiger charge is 2.29. The summed E-state index contributed by atoms with van der Waals surface area (Å²) in [6, 6.07) is 21.3. The van der Waals surface area contributed by atoms with Crippen LogP contribution in [0.25, 0.3) is 0 Å². The van der Waals surface area contributed by atoms with Crippen molar-refractivity contribution >= 4 is 11.6 Å². The summed E-state index contributed by atoms with van der Waals surface area (Å²) < 4.78 is 18.6. The van der Waals surface area contributed by atoms with Gasteiger partial charge in [-0.05, 0) is 36.8 Å². The summed E-state index contributed by atoms with van der Waals surface area (Å²) in [5.41, 5.74) is 3.55. The molecular formula is C24H26FN2O2+. The van der Waals surface area contributed by atoms with Gasteiger partial charge in [0.25, 0.3) is 5.91 Å².